The van der Waals surface area contributed by atoms with Gasteiger partial charge in [-0.05, 0) is 42.8 Å². The van der Waals surface area contributed by atoms with Crippen LogP contribution >= 0.6 is 0 Å². The second-order valence-corrected chi connectivity index (χ2v) is 6.11. The molecule has 1 fully saturated rings. The van der Waals surface area contributed by atoms with E-state index in [0.29, 0.717) is 16.7 Å². The summed E-state index contributed by atoms with van der Waals surface area (Å²) in [5, 5.41) is 1.97. The number of carbonyl (C=O) groups excluding carboxylic acids is 3. The third-order valence-electron chi connectivity index (χ3n) is 4.01. The van der Waals surface area contributed by atoms with Gasteiger partial charge in [-0.1, -0.05) is 18.2 Å². The summed E-state index contributed by atoms with van der Waals surface area (Å²) in [7, 11) is 0. The van der Waals surface area contributed by atoms with Crippen molar-refractivity contribution in [2.75, 3.05) is 4.90 Å². The minimum atomic E-state index is -4.65. The molecule has 0 radical (unpaired) electrons. The molecule has 0 unspecified atom stereocenters. The molecule has 2 aromatic rings. The highest BCUT2D eigenvalue weighted by atomic mass is 19.4. The van der Waals surface area contributed by atoms with Gasteiger partial charge in [-0.3, -0.25) is 19.9 Å². The lowest BCUT2D eigenvalue weighted by Gasteiger charge is -2.28. The van der Waals surface area contributed by atoms with E-state index >= 15 is 0 Å². The minimum absolute atomic E-state index is 0.293. The Morgan fingerprint density at radius 3 is 2.46 bits per heavy atom. The largest absolute Gasteiger partial charge is 0.416 e. The Balaban J connectivity index is 1.92. The fourth-order valence-corrected chi connectivity index (χ4v) is 2.66. The van der Waals surface area contributed by atoms with E-state index in [9.17, 15) is 27.6 Å². The molecule has 3 rings (SSSR count). The van der Waals surface area contributed by atoms with Crippen molar-refractivity contribution in [3.05, 3.63) is 59.7 Å². The van der Waals surface area contributed by atoms with Crippen molar-refractivity contribution >= 4 is 35.4 Å². The van der Waals surface area contributed by atoms with Gasteiger partial charge in [0, 0.05) is 6.21 Å². The van der Waals surface area contributed by atoms with E-state index in [-0.39, 0.29) is 5.69 Å². The maximum absolute atomic E-state index is 12.9. The SMILES string of the molecule is Cc1cccc(N=C[C@@H]2C(=O)NC(=O)N(c3cccc(C(F)(F)F)c3)C2=O)c1. The number of nitrogens with one attached hydrogen (secondary N) is 1. The average molecular weight is 389 g/mol. The third kappa shape index (κ3) is 3.93. The van der Waals surface area contributed by atoms with Gasteiger partial charge in [-0.25, -0.2) is 9.69 Å². The quantitative estimate of drug-likeness (QED) is 0.643. The van der Waals surface area contributed by atoms with Crippen LogP contribution in [0.15, 0.2) is 53.5 Å². The van der Waals surface area contributed by atoms with Crippen LogP contribution < -0.4 is 10.2 Å². The summed E-state index contributed by atoms with van der Waals surface area (Å²) < 4.78 is 38.8. The van der Waals surface area contributed by atoms with Crippen LogP contribution in [0.3, 0.4) is 0 Å². The predicted octanol–water partition coefficient (Wildman–Crippen LogP) is 3.62. The van der Waals surface area contributed by atoms with Crippen molar-refractivity contribution in [2.24, 2.45) is 10.9 Å². The number of rotatable bonds is 3. The minimum Gasteiger partial charge on any atom is -0.276 e. The Kier molecular flexibility index (Phi) is 5.00. The van der Waals surface area contributed by atoms with E-state index in [4.69, 9.17) is 0 Å². The lowest BCUT2D eigenvalue weighted by molar-refractivity contribution is -0.138. The Morgan fingerprint density at radius 2 is 1.79 bits per heavy atom. The first-order valence-electron chi connectivity index (χ1n) is 8.14. The summed E-state index contributed by atoms with van der Waals surface area (Å²) in [6.07, 6.45) is -3.58. The van der Waals surface area contributed by atoms with E-state index in [1.54, 1.807) is 18.2 Å². The molecule has 144 valence electrons. The molecule has 0 aromatic heterocycles. The topological polar surface area (TPSA) is 78.8 Å². The van der Waals surface area contributed by atoms with Crippen LogP contribution in [0.4, 0.5) is 29.3 Å². The molecule has 1 aliphatic rings. The number of urea groups is 1. The van der Waals surface area contributed by atoms with Crippen LogP contribution in [-0.2, 0) is 15.8 Å². The first-order valence-corrected chi connectivity index (χ1v) is 8.14. The molecule has 1 aliphatic heterocycles. The highest BCUT2D eigenvalue weighted by molar-refractivity contribution is 6.32. The summed E-state index contributed by atoms with van der Waals surface area (Å²) in [4.78, 5) is 41.4. The van der Waals surface area contributed by atoms with E-state index in [1.807, 2.05) is 18.3 Å². The fourth-order valence-electron chi connectivity index (χ4n) is 2.66. The first kappa shape index (κ1) is 19.3. The number of hydrogen-bond acceptors (Lipinski definition) is 4. The molecule has 9 heteroatoms. The van der Waals surface area contributed by atoms with E-state index in [2.05, 4.69) is 4.99 Å². The fraction of sp³-hybridized carbons (Fsp3) is 0.158. The van der Waals surface area contributed by atoms with Crippen molar-refractivity contribution in [1.29, 1.82) is 0 Å². The number of carbonyl (C=O) groups is 3. The number of barbiturate groups is 1. The summed E-state index contributed by atoms with van der Waals surface area (Å²) in [6, 6.07) is 9.58. The number of alkyl halides is 3. The van der Waals surface area contributed by atoms with Crippen molar-refractivity contribution in [1.82, 2.24) is 5.32 Å². The number of imide groups is 2. The van der Waals surface area contributed by atoms with Gasteiger partial charge >= 0.3 is 12.2 Å². The van der Waals surface area contributed by atoms with Gasteiger partial charge in [-0.15, -0.1) is 0 Å². The standard InChI is InChI=1S/C19H14F3N3O3/c1-11-4-2-6-13(8-11)23-10-15-16(26)24-18(28)25(17(15)27)14-7-3-5-12(9-14)19(20,21)22/h2-10,15H,1H3,(H,24,26,28)/t15-/m1/s1. The lowest BCUT2D eigenvalue weighted by Crippen LogP contribution is -2.58. The van der Waals surface area contributed by atoms with Gasteiger partial charge in [0.2, 0.25) is 5.91 Å². The number of anilines is 1. The zero-order valence-electron chi connectivity index (χ0n) is 14.5. The average Bonchev–Trinajstić information content (AvgIpc) is 2.61. The molecule has 0 aliphatic carbocycles. The Morgan fingerprint density at radius 1 is 1.07 bits per heavy atom. The molecule has 1 atom stereocenters. The highest BCUT2D eigenvalue weighted by Crippen LogP contribution is 2.32. The van der Waals surface area contributed by atoms with Gasteiger partial charge in [0.1, 0.15) is 0 Å². The van der Waals surface area contributed by atoms with Crippen LogP contribution in [0.25, 0.3) is 0 Å². The number of nitrogens with zero attached hydrogens (tertiary/aromatic N) is 2. The molecule has 1 heterocycles. The van der Waals surface area contributed by atoms with E-state index < -0.39 is 35.5 Å². The molecule has 0 spiro atoms. The maximum atomic E-state index is 12.9. The van der Waals surface area contributed by atoms with Crippen LogP contribution in [0.5, 0.6) is 0 Å². The van der Waals surface area contributed by atoms with Crippen LogP contribution in [0.1, 0.15) is 11.1 Å². The van der Waals surface area contributed by atoms with E-state index in [1.165, 1.54) is 6.07 Å². The molecule has 0 saturated carbocycles. The van der Waals surface area contributed by atoms with E-state index in [0.717, 1.165) is 23.9 Å². The molecule has 0 bridgehead atoms. The Hall–Kier alpha value is -3.49. The number of amides is 4. The van der Waals surface area contributed by atoms with Gasteiger partial charge < -0.3 is 0 Å². The van der Waals surface area contributed by atoms with Crippen LogP contribution in [-0.4, -0.2) is 24.1 Å². The lowest BCUT2D eigenvalue weighted by atomic mass is 10.0. The van der Waals surface area contributed by atoms with Crippen LogP contribution in [0.2, 0.25) is 0 Å². The highest BCUT2D eigenvalue weighted by Gasteiger charge is 2.41. The number of aryl methyl sites for hydroxylation is 1. The molecule has 1 saturated heterocycles. The Bertz CT molecular complexity index is 986. The number of halogens is 3. The maximum Gasteiger partial charge on any atom is 0.416 e. The monoisotopic (exact) mass is 389 g/mol. The summed E-state index contributed by atoms with van der Waals surface area (Å²) in [6.45, 7) is 1.84. The summed E-state index contributed by atoms with van der Waals surface area (Å²) in [5.41, 5.74) is 0.0872. The van der Waals surface area contributed by atoms with Gasteiger partial charge in [0.15, 0.2) is 5.92 Å². The number of aliphatic imine (C=N–C) groups is 1. The van der Waals surface area contributed by atoms with Crippen molar-refractivity contribution in [3.8, 4) is 0 Å². The van der Waals surface area contributed by atoms with Gasteiger partial charge in [0.25, 0.3) is 5.91 Å². The number of hydrogen-bond donors (Lipinski definition) is 1. The molecule has 2 aromatic carbocycles. The normalized spacial score (nSPS) is 17.9. The summed E-state index contributed by atoms with van der Waals surface area (Å²) in [5.74, 6) is -3.33. The summed E-state index contributed by atoms with van der Waals surface area (Å²) >= 11 is 0. The predicted molar refractivity (Wildman–Crippen MR) is 95.3 cm³/mol. The molecule has 28 heavy (non-hydrogen) atoms. The first-order chi connectivity index (χ1) is 13.2. The number of benzene rings is 2. The van der Waals surface area contributed by atoms with Crippen LogP contribution in [0, 0.1) is 12.8 Å². The zero-order chi connectivity index (χ0) is 20.5. The molecular weight excluding hydrogens is 375 g/mol. The van der Waals surface area contributed by atoms with Gasteiger partial charge in [0.05, 0.1) is 16.9 Å². The second-order valence-electron chi connectivity index (χ2n) is 6.11. The molecule has 4 amide bonds. The van der Waals surface area contributed by atoms with Crippen molar-refractivity contribution in [2.45, 2.75) is 13.1 Å². The Labute approximate surface area is 157 Å². The van der Waals surface area contributed by atoms with Crippen molar-refractivity contribution in [3.63, 3.8) is 0 Å². The second kappa shape index (κ2) is 7.26. The zero-order valence-corrected chi connectivity index (χ0v) is 14.5. The van der Waals surface area contributed by atoms with Gasteiger partial charge in [-0.2, -0.15) is 13.2 Å². The smallest absolute Gasteiger partial charge is 0.276 e. The molecule has 6 nitrogen and oxygen atoms in total. The van der Waals surface area contributed by atoms with Crippen molar-refractivity contribution < 1.29 is 27.6 Å². The molecule has 1 N–H and O–H groups in total. The molecular formula is C19H14F3N3O3. The third-order valence-corrected chi connectivity index (χ3v) is 4.01.